The van der Waals surface area contributed by atoms with E-state index >= 15 is 0 Å². The van der Waals surface area contributed by atoms with Crippen molar-refractivity contribution in [3.63, 3.8) is 0 Å². The zero-order valence-electron chi connectivity index (χ0n) is 15.4. The number of nitrogens with one attached hydrogen (secondary N) is 1. The molecule has 0 spiro atoms. The van der Waals surface area contributed by atoms with E-state index in [0.717, 1.165) is 11.3 Å². The van der Waals surface area contributed by atoms with Crippen LogP contribution in [-0.2, 0) is 4.79 Å². The number of benzene rings is 2. The first-order chi connectivity index (χ1) is 12.0. The molecule has 0 bridgehead atoms. The van der Waals surface area contributed by atoms with Crippen molar-refractivity contribution >= 4 is 11.6 Å². The summed E-state index contributed by atoms with van der Waals surface area (Å²) in [5.74, 6) is 1.74. The Morgan fingerprint density at radius 3 is 2.48 bits per heavy atom. The molecule has 1 amide bonds. The lowest BCUT2D eigenvalue weighted by molar-refractivity contribution is -0.122. The van der Waals surface area contributed by atoms with Crippen LogP contribution in [0.5, 0.6) is 11.5 Å². The molecule has 0 fully saturated rings. The van der Waals surface area contributed by atoms with Gasteiger partial charge in [-0.25, -0.2) is 0 Å². The van der Waals surface area contributed by atoms with Crippen molar-refractivity contribution in [3.05, 3.63) is 54.1 Å². The van der Waals surface area contributed by atoms with Gasteiger partial charge in [-0.1, -0.05) is 39.0 Å². The molecule has 2 aromatic rings. The van der Waals surface area contributed by atoms with E-state index in [2.05, 4.69) is 19.2 Å². The highest BCUT2D eigenvalue weighted by atomic mass is 16.5. The van der Waals surface area contributed by atoms with Crippen LogP contribution in [0.25, 0.3) is 0 Å². The first-order valence-electron chi connectivity index (χ1n) is 8.75. The molecule has 1 N–H and O–H groups in total. The van der Waals surface area contributed by atoms with Gasteiger partial charge in [0.05, 0.1) is 6.61 Å². The molecule has 4 nitrogen and oxygen atoms in total. The van der Waals surface area contributed by atoms with Gasteiger partial charge in [0.2, 0.25) is 0 Å². The maximum Gasteiger partial charge on any atom is 0.265 e. The number of hydrogen-bond acceptors (Lipinski definition) is 3. The molecule has 0 saturated heterocycles. The summed E-state index contributed by atoms with van der Waals surface area (Å²) in [6.45, 7) is 8.77. The van der Waals surface area contributed by atoms with Gasteiger partial charge >= 0.3 is 0 Å². The van der Waals surface area contributed by atoms with Gasteiger partial charge < -0.3 is 14.8 Å². The van der Waals surface area contributed by atoms with Crippen molar-refractivity contribution in [1.29, 1.82) is 0 Å². The molecule has 2 rings (SSSR count). The van der Waals surface area contributed by atoms with E-state index in [-0.39, 0.29) is 5.91 Å². The predicted octanol–water partition coefficient (Wildman–Crippen LogP) is 4.83. The lowest BCUT2D eigenvalue weighted by Crippen LogP contribution is -2.32. The Balaban J connectivity index is 2.00. The molecule has 0 aromatic heterocycles. The van der Waals surface area contributed by atoms with Crippen molar-refractivity contribution < 1.29 is 14.3 Å². The molecule has 1 atom stereocenters. The second-order valence-corrected chi connectivity index (χ2v) is 6.55. The summed E-state index contributed by atoms with van der Waals surface area (Å²) in [4.78, 5) is 12.5. The number of carbonyl (C=O) groups excluding carboxylic acids is 1. The Labute approximate surface area is 150 Å². The predicted molar refractivity (Wildman–Crippen MR) is 101 cm³/mol. The Morgan fingerprint density at radius 1 is 1.08 bits per heavy atom. The maximum atomic E-state index is 12.5. The molecule has 134 valence electrons. The van der Waals surface area contributed by atoms with E-state index in [1.807, 2.05) is 62.4 Å². The third-order valence-corrected chi connectivity index (χ3v) is 3.62. The normalized spacial score (nSPS) is 11.9. The van der Waals surface area contributed by atoms with E-state index in [1.54, 1.807) is 0 Å². The number of hydrogen-bond donors (Lipinski definition) is 1. The number of carbonyl (C=O) groups is 1. The van der Waals surface area contributed by atoms with Crippen LogP contribution < -0.4 is 14.8 Å². The van der Waals surface area contributed by atoms with Crippen LogP contribution >= 0.6 is 0 Å². The summed E-state index contributed by atoms with van der Waals surface area (Å²) >= 11 is 0. The third-order valence-electron chi connectivity index (χ3n) is 3.62. The zero-order chi connectivity index (χ0) is 18.2. The summed E-state index contributed by atoms with van der Waals surface area (Å²) < 4.78 is 11.5. The maximum absolute atomic E-state index is 12.5. The minimum Gasteiger partial charge on any atom is -0.493 e. The fourth-order valence-corrected chi connectivity index (χ4v) is 2.32. The van der Waals surface area contributed by atoms with Crippen molar-refractivity contribution in [2.75, 3.05) is 11.9 Å². The van der Waals surface area contributed by atoms with Gasteiger partial charge in [-0.3, -0.25) is 4.79 Å². The van der Waals surface area contributed by atoms with Crippen LogP contribution in [0, 0.1) is 12.8 Å². The molecule has 0 saturated carbocycles. The molecular weight excluding hydrogens is 314 g/mol. The monoisotopic (exact) mass is 341 g/mol. The number of ether oxygens (including phenoxy) is 2. The first-order valence-corrected chi connectivity index (χ1v) is 8.75. The van der Waals surface area contributed by atoms with Gasteiger partial charge in [0.1, 0.15) is 11.5 Å². The Bertz CT molecular complexity index is 697. The average Bonchev–Trinajstić information content (AvgIpc) is 2.58. The second kappa shape index (κ2) is 9.11. The van der Waals surface area contributed by atoms with Crippen LogP contribution in [-0.4, -0.2) is 18.6 Å². The summed E-state index contributed by atoms with van der Waals surface area (Å²) in [5.41, 5.74) is 1.81. The molecular formula is C21H27NO3. The standard InChI is InChI=1S/C21H27NO3/c1-5-20(25-19-11-6-8-16(4)12-19)21(23)22-17-9-7-10-18(13-17)24-14-15(2)3/h6-13,15,20H,5,14H2,1-4H3,(H,22,23). The third kappa shape index (κ3) is 6.14. The molecule has 25 heavy (non-hydrogen) atoms. The van der Waals surface area contributed by atoms with Crippen molar-refractivity contribution in [2.45, 2.75) is 40.2 Å². The average molecular weight is 341 g/mol. The van der Waals surface area contributed by atoms with Crippen LogP contribution in [0.3, 0.4) is 0 Å². The van der Waals surface area contributed by atoms with Gasteiger partial charge in [0, 0.05) is 11.8 Å². The molecule has 1 unspecified atom stereocenters. The Morgan fingerprint density at radius 2 is 1.80 bits per heavy atom. The van der Waals surface area contributed by atoms with Crippen molar-refractivity contribution in [1.82, 2.24) is 0 Å². The Kier molecular flexibility index (Phi) is 6.87. The van der Waals surface area contributed by atoms with E-state index in [4.69, 9.17) is 9.47 Å². The van der Waals surface area contributed by atoms with Crippen LogP contribution in [0.1, 0.15) is 32.8 Å². The highest BCUT2D eigenvalue weighted by Gasteiger charge is 2.18. The minimum atomic E-state index is -0.540. The SMILES string of the molecule is CCC(Oc1cccc(C)c1)C(=O)Nc1cccc(OCC(C)C)c1. The molecule has 0 aliphatic rings. The Hall–Kier alpha value is -2.49. The fraction of sp³-hybridized carbons (Fsp3) is 0.381. The lowest BCUT2D eigenvalue weighted by atomic mass is 10.2. The van der Waals surface area contributed by atoms with Gasteiger partial charge in [0.15, 0.2) is 6.10 Å². The zero-order valence-corrected chi connectivity index (χ0v) is 15.4. The second-order valence-electron chi connectivity index (χ2n) is 6.55. The van der Waals surface area contributed by atoms with Crippen LogP contribution in [0.2, 0.25) is 0 Å². The van der Waals surface area contributed by atoms with Gasteiger partial charge in [-0.05, 0) is 49.1 Å². The highest BCUT2D eigenvalue weighted by molar-refractivity contribution is 5.94. The number of amides is 1. The summed E-state index contributed by atoms with van der Waals surface area (Å²) in [6.07, 6.45) is 0.0468. The van der Waals surface area contributed by atoms with Gasteiger partial charge in [0.25, 0.3) is 5.91 Å². The summed E-state index contributed by atoms with van der Waals surface area (Å²) in [5, 5.41) is 2.91. The highest BCUT2D eigenvalue weighted by Crippen LogP contribution is 2.20. The van der Waals surface area contributed by atoms with Gasteiger partial charge in [-0.15, -0.1) is 0 Å². The molecule has 4 heteroatoms. The fourth-order valence-electron chi connectivity index (χ4n) is 2.32. The smallest absolute Gasteiger partial charge is 0.265 e. The van der Waals surface area contributed by atoms with Crippen LogP contribution in [0.4, 0.5) is 5.69 Å². The molecule has 2 aromatic carbocycles. The first kappa shape index (κ1) is 18.8. The van der Waals surface area contributed by atoms with Crippen LogP contribution in [0.15, 0.2) is 48.5 Å². The largest absolute Gasteiger partial charge is 0.493 e. The number of anilines is 1. The molecule has 0 heterocycles. The summed E-state index contributed by atoms with van der Waals surface area (Å²) in [6, 6.07) is 15.1. The molecule has 0 radical (unpaired) electrons. The topological polar surface area (TPSA) is 47.6 Å². The molecule has 0 aliphatic heterocycles. The number of rotatable bonds is 8. The van der Waals surface area contributed by atoms with E-state index in [0.29, 0.717) is 30.4 Å². The van der Waals surface area contributed by atoms with Crippen molar-refractivity contribution in [2.24, 2.45) is 5.92 Å². The quantitative estimate of drug-likeness (QED) is 0.748. The van der Waals surface area contributed by atoms with Crippen molar-refractivity contribution in [3.8, 4) is 11.5 Å². The van der Waals surface area contributed by atoms with E-state index in [1.165, 1.54) is 0 Å². The summed E-state index contributed by atoms with van der Waals surface area (Å²) in [7, 11) is 0. The number of aryl methyl sites for hydroxylation is 1. The van der Waals surface area contributed by atoms with E-state index < -0.39 is 6.10 Å². The lowest BCUT2D eigenvalue weighted by Gasteiger charge is -2.18. The molecule has 0 aliphatic carbocycles. The van der Waals surface area contributed by atoms with E-state index in [9.17, 15) is 4.79 Å². The van der Waals surface area contributed by atoms with Gasteiger partial charge in [-0.2, -0.15) is 0 Å². The minimum absolute atomic E-state index is 0.162.